The summed E-state index contributed by atoms with van der Waals surface area (Å²) < 4.78 is 0. The maximum absolute atomic E-state index is 12.8. The largest absolute Gasteiger partial charge is 0.338 e. The number of hydrogen-bond donors (Lipinski definition) is 1. The minimum absolute atomic E-state index is 0.0776. The predicted octanol–water partition coefficient (Wildman–Crippen LogP) is 3.11. The van der Waals surface area contributed by atoms with Crippen LogP contribution in [0.4, 0.5) is 10.5 Å². The predicted molar refractivity (Wildman–Crippen MR) is 94.7 cm³/mol. The Morgan fingerprint density at radius 2 is 1.92 bits per heavy atom. The molecule has 0 spiro atoms. The van der Waals surface area contributed by atoms with E-state index in [1.54, 1.807) is 4.90 Å². The van der Waals surface area contributed by atoms with Gasteiger partial charge in [-0.25, -0.2) is 4.79 Å². The number of carbonyl (C=O) groups excluding carboxylic acids is 2. The van der Waals surface area contributed by atoms with Gasteiger partial charge in [-0.3, -0.25) is 4.79 Å². The topological polar surface area (TPSA) is 52.7 Å². The number of rotatable bonds is 2. The van der Waals surface area contributed by atoms with Crippen LogP contribution in [-0.2, 0) is 4.79 Å². The molecule has 5 heteroatoms. The summed E-state index contributed by atoms with van der Waals surface area (Å²) in [4.78, 5) is 28.9. The number of nitrogens with one attached hydrogen (secondary N) is 1. The van der Waals surface area contributed by atoms with E-state index in [0.29, 0.717) is 13.1 Å². The molecule has 1 aromatic carbocycles. The molecule has 3 amide bonds. The van der Waals surface area contributed by atoms with Crippen molar-refractivity contribution in [2.45, 2.75) is 26.2 Å². The first-order valence-corrected chi connectivity index (χ1v) is 8.69. The maximum Gasteiger partial charge on any atom is 0.321 e. The number of hydrogen-bond acceptors (Lipinski definition) is 2. The minimum Gasteiger partial charge on any atom is -0.338 e. The zero-order chi connectivity index (χ0) is 16.9. The summed E-state index contributed by atoms with van der Waals surface area (Å²) in [5.41, 5.74) is 2.04. The number of piperidine rings is 1. The highest BCUT2D eigenvalue weighted by Crippen LogP contribution is 2.22. The van der Waals surface area contributed by atoms with Crippen LogP contribution < -0.4 is 5.32 Å². The molecule has 1 fully saturated rings. The van der Waals surface area contributed by atoms with Gasteiger partial charge in [0.2, 0.25) is 5.91 Å². The SMILES string of the molecule is CC1=CCCN(C(=O)C2CCCN(C(=O)Nc3ccccc3)C2)C1. The van der Waals surface area contributed by atoms with Crippen LogP contribution in [0.15, 0.2) is 42.0 Å². The van der Waals surface area contributed by atoms with Crippen LogP contribution >= 0.6 is 0 Å². The summed E-state index contributed by atoms with van der Waals surface area (Å²) in [6, 6.07) is 9.32. The van der Waals surface area contributed by atoms with Gasteiger partial charge in [0.15, 0.2) is 0 Å². The van der Waals surface area contributed by atoms with Crippen molar-refractivity contribution in [3.63, 3.8) is 0 Å². The molecule has 0 saturated carbocycles. The van der Waals surface area contributed by atoms with Crippen LogP contribution in [0.25, 0.3) is 0 Å². The first-order valence-electron chi connectivity index (χ1n) is 8.69. The van der Waals surface area contributed by atoms with Gasteiger partial charge < -0.3 is 15.1 Å². The van der Waals surface area contributed by atoms with Crippen molar-refractivity contribution in [1.82, 2.24) is 9.80 Å². The number of carbonyl (C=O) groups is 2. The highest BCUT2D eigenvalue weighted by molar-refractivity contribution is 5.90. The number of likely N-dealkylation sites (tertiary alicyclic amines) is 1. The van der Waals surface area contributed by atoms with E-state index in [1.807, 2.05) is 35.2 Å². The minimum atomic E-state index is -0.117. The summed E-state index contributed by atoms with van der Waals surface area (Å²) in [5, 5.41) is 2.91. The van der Waals surface area contributed by atoms with Gasteiger partial charge in [0.25, 0.3) is 0 Å². The van der Waals surface area contributed by atoms with Gasteiger partial charge in [0, 0.05) is 31.9 Å². The van der Waals surface area contributed by atoms with Crippen LogP contribution in [0.3, 0.4) is 0 Å². The highest BCUT2D eigenvalue weighted by atomic mass is 16.2. The van der Waals surface area contributed by atoms with Crippen molar-refractivity contribution >= 4 is 17.6 Å². The van der Waals surface area contributed by atoms with Crippen molar-refractivity contribution in [3.05, 3.63) is 42.0 Å². The second-order valence-corrected chi connectivity index (χ2v) is 6.68. The molecule has 1 N–H and O–H groups in total. The molecule has 1 saturated heterocycles. The zero-order valence-corrected chi connectivity index (χ0v) is 14.2. The number of amides is 3. The van der Waals surface area contributed by atoms with Crippen LogP contribution in [0.1, 0.15) is 26.2 Å². The van der Waals surface area contributed by atoms with E-state index < -0.39 is 0 Å². The Balaban J connectivity index is 1.58. The smallest absolute Gasteiger partial charge is 0.321 e. The molecular formula is C19H25N3O2. The molecular weight excluding hydrogens is 302 g/mol. The molecule has 5 nitrogen and oxygen atoms in total. The molecule has 0 aromatic heterocycles. The lowest BCUT2D eigenvalue weighted by Gasteiger charge is -2.36. The van der Waals surface area contributed by atoms with E-state index in [1.165, 1.54) is 5.57 Å². The Labute approximate surface area is 143 Å². The van der Waals surface area contributed by atoms with Gasteiger partial charge in [0.05, 0.1) is 5.92 Å². The van der Waals surface area contributed by atoms with Gasteiger partial charge in [0.1, 0.15) is 0 Å². The molecule has 3 rings (SSSR count). The normalized spacial score (nSPS) is 21.2. The van der Waals surface area contributed by atoms with E-state index >= 15 is 0 Å². The number of nitrogens with zero attached hydrogens (tertiary/aromatic N) is 2. The fourth-order valence-corrected chi connectivity index (χ4v) is 3.44. The summed E-state index contributed by atoms with van der Waals surface area (Å²) in [7, 11) is 0. The molecule has 2 heterocycles. The van der Waals surface area contributed by atoms with E-state index in [-0.39, 0.29) is 17.9 Å². The fraction of sp³-hybridized carbons (Fsp3) is 0.474. The Morgan fingerprint density at radius 3 is 2.67 bits per heavy atom. The quantitative estimate of drug-likeness (QED) is 0.849. The van der Waals surface area contributed by atoms with Crippen LogP contribution in [0, 0.1) is 5.92 Å². The van der Waals surface area contributed by atoms with E-state index in [4.69, 9.17) is 0 Å². The number of benzene rings is 1. The van der Waals surface area contributed by atoms with E-state index in [0.717, 1.165) is 38.0 Å². The molecule has 1 atom stereocenters. The zero-order valence-electron chi connectivity index (χ0n) is 14.2. The van der Waals surface area contributed by atoms with Crippen molar-refractivity contribution in [2.24, 2.45) is 5.92 Å². The Bertz CT molecular complexity index is 627. The lowest BCUT2D eigenvalue weighted by molar-refractivity contribution is -0.136. The van der Waals surface area contributed by atoms with Crippen LogP contribution in [0.5, 0.6) is 0 Å². The molecule has 0 bridgehead atoms. The molecule has 24 heavy (non-hydrogen) atoms. The van der Waals surface area contributed by atoms with Gasteiger partial charge in [-0.05, 0) is 38.3 Å². The maximum atomic E-state index is 12.8. The van der Waals surface area contributed by atoms with Gasteiger partial charge in [-0.15, -0.1) is 0 Å². The third kappa shape index (κ3) is 3.96. The summed E-state index contributed by atoms with van der Waals surface area (Å²) in [6.45, 7) is 4.81. The lowest BCUT2D eigenvalue weighted by atomic mass is 9.95. The molecule has 0 radical (unpaired) electrons. The first kappa shape index (κ1) is 16.6. The van der Waals surface area contributed by atoms with Crippen molar-refractivity contribution in [2.75, 3.05) is 31.5 Å². The van der Waals surface area contributed by atoms with Gasteiger partial charge in [-0.2, -0.15) is 0 Å². The molecule has 1 aromatic rings. The third-order valence-electron chi connectivity index (χ3n) is 4.73. The van der Waals surface area contributed by atoms with Crippen LogP contribution in [0.2, 0.25) is 0 Å². The molecule has 2 aliphatic rings. The van der Waals surface area contributed by atoms with Crippen molar-refractivity contribution in [1.29, 1.82) is 0 Å². The molecule has 128 valence electrons. The third-order valence-corrected chi connectivity index (χ3v) is 4.73. The fourth-order valence-electron chi connectivity index (χ4n) is 3.44. The average Bonchev–Trinajstić information content (AvgIpc) is 2.62. The Kier molecular flexibility index (Phi) is 5.18. The molecule has 1 unspecified atom stereocenters. The second-order valence-electron chi connectivity index (χ2n) is 6.68. The molecule has 0 aliphatic carbocycles. The summed E-state index contributed by atoms with van der Waals surface area (Å²) >= 11 is 0. The number of para-hydroxylation sites is 1. The molecule has 2 aliphatic heterocycles. The monoisotopic (exact) mass is 327 g/mol. The number of anilines is 1. The Morgan fingerprint density at radius 1 is 1.12 bits per heavy atom. The van der Waals surface area contributed by atoms with Gasteiger partial charge in [-0.1, -0.05) is 29.8 Å². The van der Waals surface area contributed by atoms with Crippen LogP contribution in [-0.4, -0.2) is 47.9 Å². The number of urea groups is 1. The highest BCUT2D eigenvalue weighted by Gasteiger charge is 2.31. The van der Waals surface area contributed by atoms with E-state index in [2.05, 4.69) is 18.3 Å². The Hall–Kier alpha value is -2.30. The van der Waals surface area contributed by atoms with Crippen molar-refractivity contribution in [3.8, 4) is 0 Å². The second kappa shape index (κ2) is 7.51. The van der Waals surface area contributed by atoms with Gasteiger partial charge >= 0.3 is 6.03 Å². The lowest BCUT2D eigenvalue weighted by Crippen LogP contribution is -2.48. The summed E-state index contributed by atoms with van der Waals surface area (Å²) in [5.74, 6) is 0.117. The standard InChI is InChI=1S/C19H25N3O2/c1-15-7-5-11-21(13-15)18(23)16-8-6-12-22(14-16)19(24)20-17-9-3-2-4-10-17/h2-4,7,9-10,16H,5-6,8,11-14H2,1H3,(H,20,24). The summed E-state index contributed by atoms with van der Waals surface area (Å²) in [6.07, 6.45) is 4.88. The average molecular weight is 327 g/mol. The first-order chi connectivity index (χ1) is 11.6. The van der Waals surface area contributed by atoms with E-state index in [9.17, 15) is 9.59 Å². The van der Waals surface area contributed by atoms with Crippen molar-refractivity contribution < 1.29 is 9.59 Å².